The zero-order valence-electron chi connectivity index (χ0n) is 29.9. The Bertz CT molecular complexity index is 3120. The van der Waals surface area contributed by atoms with Gasteiger partial charge in [-0.15, -0.1) is 0 Å². The molecule has 0 bridgehead atoms. The van der Waals surface area contributed by atoms with Crippen molar-refractivity contribution in [3.05, 3.63) is 222 Å². The summed E-state index contributed by atoms with van der Waals surface area (Å²) in [5.74, 6) is 0. The molecule has 0 saturated heterocycles. The second-order valence-electron chi connectivity index (χ2n) is 14.8. The van der Waals surface area contributed by atoms with Gasteiger partial charge < -0.3 is 9.32 Å². The van der Waals surface area contributed by atoms with E-state index in [1.807, 2.05) is 0 Å². The van der Waals surface area contributed by atoms with E-state index in [2.05, 4.69) is 205 Å². The number of para-hydroxylation sites is 2. The molecule has 9 aromatic carbocycles. The van der Waals surface area contributed by atoms with Crippen LogP contribution < -0.4 is 4.90 Å². The van der Waals surface area contributed by atoms with Crippen LogP contribution in [0.1, 0.15) is 22.3 Å². The summed E-state index contributed by atoms with van der Waals surface area (Å²) >= 11 is 0. The van der Waals surface area contributed by atoms with Crippen molar-refractivity contribution in [3.8, 4) is 33.4 Å². The number of benzene rings is 9. The van der Waals surface area contributed by atoms with E-state index >= 15 is 0 Å². The molecule has 0 radical (unpaired) electrons. The van der Waals surface area contributed by atoms with Gasteiger partial charge in [-0.25, -0.2) is 0 Å². The Hall–Kier alpha value is -7.16. The van der Waals surface area contributed by atoms with Gasteiger partial charge in [-0.1, -0.05) is 164 Å². The minimum Gasteiger partial charge on any atom is -0.454 e. The molecule has 0 atom stereocenters. The fourth-order valence-electron chi connectivity index (χ4n) is 9.78. The molecule has 0 unspecified atom stereocenters. The Labute approximate surface area is 319 Å². The zero-order valence-corrected chi connectivity index (χ0v) is 29.9. The molecule has 55 heavy (non-hydrogen) atoms. The molecule has 0 fully saturated rings. The van der Waals surface area contributed by atoms with E-state index in [0.29, 0.717) is 0 Å². The quantitative estimate of drug-likeness (QED) is 0.183. The molecule has 12 rings (SSSR count). The summed E-state index contributed by atoms with van der Waals surface area (Å²) < 4.78 is 6.80. The molecule has 2 heteroatoms. The molecule has 0 N–H and O–H groups in total. The number of rotatable bonds is 3. The largest absolute Gasteiger partial charge is 0.454 e. The average molecular weight is 700 g/mol. The summed E-state index contributed by atoms with van der Waals surface area (Å²) in [5, 5.41) is 4.66. The predicted molar refractivity (Wildman–Crippen MR) is 228 cm³/mol. The molecule has 1 aliphatic carbocycles. The molecule has 0 amide bonds. The van der Waals surface area contributed by atoms with Crippen LogP contribution in [-0.4, -0.2) is 0 Å². The first kappa shape index (κ1) is 30.3. The topological polar surface area (TPSA) is 16.4 Å². The number of hydrogen-bond acceptors (Lipinski definition) is 2. The Balaban J connectivity index is 1.25. The second kappa shape index (κ2) is 11.4. The van der Waals surface area contributed by atoms with Gasteiger partial charge in [-0.3, -0.25) is 0 Å². The van der Waals surface area contributed by atoms with Crippen molar-refractivity contribution in [2.45, 2.75) is 5.41 Å². The van der Waals surface area contributed by atoms with Gasteiger partial charge in [-0.2, -0.15) is 0 Å². The van der Waals surface area contributed by atoms with E-state index in [9.17, 15) is 0 Å². The summed E-state index contributed by atoms with van der Waals surface area (Å²) in [6.45, 7) is 0. The van der Waals surface area contributed by atoms with Crippen LogP contribution in [0.25, 0.3) is 66.1 Å². The number of anilines is 3. The molecule has 1 aromatic heterocycles. The molecular weight excluding hydrogens is 667 g/mol. The van der Waals surface area contributed by atoms with Crippen molar-refractivity contribution < 1.29 is 4.42 Å². The lowest BCUT2D eigenvalue weighted by Crippen LogP contribution is -2.36. The van der Waals surface area contributed by atoms with Gasteiger partial charge in [0.25, 0.3) is 0 Å². The van der Waals surface area contributed by atoms with Gasteiger partial charge in [0, 0.05) is 10.8 Å². The van der Waals surface area contributed by atoms with Crippen molar-refractivity contribution in [2.75, 3.05) is 4.90 Å². The minimum atomic E-state index is -0.585. The standard InChI is InChI=1S/C53H33NO/c1-2-15-34(16-3-1)38-19-6-7-20-39(38)37-29-30-48-46(32-37)53(44-25-11-8-21-40(44)41-22-9-12-26-45(41)53)47-31-35-17-4-5-18-36(35)33-50(47)54(48)49-27-14-24-43-42-23-10-13-28-51(42)55-52(43)49/h1-33H. The highest BCUT2D eigenvalue weighted by atomic mass is 16.3. The third-order valence-electron chi connectivity index (χ3n) is 12.0. The number of furan rings is 1. The lowest BCUT2D eigenvalue weighted by molar-refractivity contribution is 0.668. The average Bonchev–Trinajstić information content (AvgIpc) is 3.78. The van der Waals surface area contributed by atoms with E-state index in [1.54, 1.807) is 0 Å². The van der Waals surface area contributed by atoms with Gasteiger partial charge in [-0.05, 0) is 103 Å². The first-order valence-electron chi connectivity index (χ1n) is 19.0. The molecule has 2 heterocycles. The van der Waals surface area contributed by atoms with Crippen LogP contribution in [0.3, 0.4) is 0 Å². The summed E-state index contributed by atoms with van der Waals surface area (Å²) in [6, 6.07) is 73.4. The Morgan fingerprint density at radius 1 is 0.345 bits per heavy atom. The van der Waals surface area contributed by atoms with Crippen molar-refractivity contribution in [2.24, 2.45) is 0 Å². The molecular formula is C53H33NO. The van der Waals surface area contributed by atoms with E-state index in [4.69, 9.17) is 4.42 Å². The van der Waals surface area contributed by atoms with Gasteiger partial charge in [0.1, 0.15) is 5.58 Å². The first-order chi connectivity index (χ1) is 27.3. The Morgan fingerprint density at radius 2 is 0.927 bits per heavy atom. The van der Waals surface area contributed by atoms with Crippen LogP contribution in [0, 0.1) is 0 Å². The Morgan fingerprint density at radius 3 is 1.69 bits per heavy atom. The van der Waals surface area contributed by atoms with Crippen LogP contribution in [0.2, 0.25) is 0 Å². The van der Waals surface area contributed by atoms with E-state index in [0.717, 1.165) is 39.0 Å². The summed E-state index contributed by atoms with van der Waals surface area (Å²) in [5.41, 5.74) is 17.0. The smallest absolute Gasteiger partial charge is 0.159 e. The lowest BCUT2D eigenvalue weighted by Gasteiger charge is -2.45. The number of hydrogen-bond donors (Lipinski definition) is 0. The molecule has 1 spiro atoms. The third-order valence-corrected chi connectivity index (χ3v) is 12.0. The number of fused-ring (bicyclic) bond motifs is 13. The van der Waals surface area contributed by atoms with Crippen LogP contribution in [0.15, 0.2) is 205 Å². The highest BCUT2D eigenvalue weighted by Crippen LogP contribution is 2.64. The summed E-state index contributed by atoms with van der Waals surface area (Å²) in [7, 11) is 0. The maximum absolute atomic E-state index is 6.80. The Kier molecular flexibility index (Phi) is 6.29. The molecule has 1 aliphatic heterocycles. The lowest BCUT2D eigenvalue weighted by atomic mass is 9.64. The van der Waals surface area contributed by atoms with Gasteiger partial charge in [0.2, 0.25) is 0 Å². The van der Waals surface area contributed by atoms with Crippen molar-refractivity contribution in [3.63, 3.8) is 0 Å². The minimum absolute atomic E-state index is 0.585. The van der Waals surface area contributed by atoms with Crippen LogP contribution in [0.5, 0.6) is 0 Å². The van der Waals surface area contributed by atoms with Gasteiger partial charge in [0.05, 0.1) is 22.5 Å². The summed E-state index contributed by atoms with van der Waals surface area (Å²) in [4.78, 5) is 2.48. The number of nitrogens with zero attached hydrogens (tertiary/aromatic N) is 1. The van der Waals surface area contributed by atoms with E-state index in [-0.39, 0.29) is 0 Å². The van der Waals surface area contributed by atoms with Crippen molar-refractivity contribution in [1.29, 1.82) is 0 Å². The van der Waals surface area contributed by atoms with Crippen molar-refractivity contribution in [1.82, 2.24) is 0 Å². The molecule has 2 aliphatic rings. The molecule has 256 valence electrons. The first-order valence-corrected chi connectivity index (χ1v) is 19.0. The fourth-order valence-corrected chi connectivity index (χ4v) is 9.78. The summed E-state index contributed by atoms with van der Waals surface area (Å²) in [6.07, 6.45) is 0. The highest BCUT2D eigenvalue weighted by molar-refractivity contribution is 6.12. The molecule has 2 nitrogen and oxygen atoms in total. The maximum atomic E-state index is 6.80. The predicted octanol–water partition coefficient (Wildman–Crippen LogP) is 14.2. The second-order valence-corrected chi connectivity index (χ2v) is 14.8. The highest BCUT2D eigenvalue weighted by Gasteiger charge is 2.52. The van der Waals surface area contributed by atoms with Gasteiger partial charge >= 0.3 is 0 Å². The SMILES string of the molecule is c1ccc(-c2ccccc2-c2ccc3c(c2)C2(c4ccccc4-c4ccccc42)c2cc4ccccc4cc2N3c2cccc3c2oc2ccccc23)cc1. The van der Waals surface area contributed by atoms with E-state index < -0.39 is 5.41 Å². The maximum Gasteiger partial charge on any atom is 0.159 e. The fraction of sp³-hybridized carbons (Fsp3) is 0.0189. The van der Waals surface area contributed by atoms with Crippen LogP contribution >= 0.6 is 0 Å². The van der Waals surface area contributed by atoms with Crippen LogP contribution in [-0.2, 0) is 5.41 Å². The zero-order chi connectivity index (χ0) is 36.1. The van der Waals surface area contributed by atoms with Crippen LogP contribution in [0.4, 0.5) is 17.1 Å². The normalized spacial score (nSPS) is 13.6. The molecule has 0 saturated carbocycles. The molecule has 10 aromatic rings. The van der Waals surface area contributed by atoms with Crippen molar-refractivity contribution >= 4 is 49.8 Å². The monoisotopic (exact) mass is 699 g/mol. The third kappa shape index (κ3) is 4.14. The van der Waals surface area contributed by atoms with Gasteiger partial charge in [0.15, 0.2) is 5.58 Å². The van der Waals surface area contributed by atoms with E-state index in [1.165, 1.54) is 66.4 Å².